The minimum atomic E-state index is 0.448. The van der Waals surface area contributed by atoms with Crippen molar-refractivity contribution in [2.45, 2.75) is 13.5 Å². The second-order valence-electron chi connectivity index (χ2n) is 5.87. The average molecular weight is 528 g/mol. The summed E-state index contributed by atoms with van der Waals surface area (Å²) in [5.41, 5.74) is 3.78. The molecule has 0 heterocycles. The highest BCUT2D eigenvalue weighted by Crippen LogP contribution is 2.35. The van der Waals surface area contributed by atoms with Crippen LogP contribution in [0.2, 0.25) is 10.0 Å². The van der Waals surface area contributed by atoms with Gasteiger partial charge >= 0.3 is 0 Å². The number of hydrogen-bond donors (Lipinski definition) is 0. The highest BCUT2D eigenvalue weighted by molar-refractivity contribution is 9.11. The van der Waals surface area contributed by atoms with Crippen LogP contribution in [-0.2, 0) is 6.61 Å². The van der Waals surface area contributed by atoms with Crippen LogP contribution in [0.5, 0.6) is 5.75 Å². The summed E-state index contributed by atoms with van der Waals surface area (Å²) >= 11 is 19.2. The smallest absolute Gasteiger partial charge is 0.148 e. The molecule has 3 aromatic rings. The van der Waals surface area contributed by atoms with Crippen molar-refractivity contribution in [1.82, 2.24) is 0 Å². The molecule has 3 aromatic carbocycles. The molecule has 0 amide bonds. The average Bonchev–Trinajstić information content (AvgIpc) is 2.64. The summed E-state index contributed by atoms with van der Waals surface area (Å²) in [5.74, 6) is 0.737. The quantitative estimate of drug-likeness (QED) is 0.307. The number of benzene rings is 3. The van der Waals surface area contributed by atoms with Crippen LogP contribution >= 0.6 is 55.1 Å². The van der Waals surface area contributed by atoms with E-state index in [9.17, 15) is 0 Å². The molecular weight excluding hydrogens is 513 g/mol. The molecule has 0 saturated carbocycles. The van der Waals surface area contributed by atoms with Gasteiger partial charge in [0.15, 0.2) is 0 Å². The Morgan fingerprint density at radius 2 is 1.67 bits per heavy atom. The molecule has 0 aliphatic carbocycles. The van der Waals surface area contributed by atoms with Crippen molar-refractivity contribution in [2.24, 2.45) is 4.99 Å². The fourth-order valence-electron chi connectivity index (χ4n) is 2.41. The van der Waals surface area contributed by atoms with Crippen LogP contribution in [-0.4, -0.2) is 6.21 Å². The maximum Gasteiger partial charge on any atom is 0.148 e. The van der Waals surface area contributed by atoms with Crippen LogP contribution < -0.4 is 4.74 Å². The van der Waals surface area contributed by atoms with Gasteiger partial charge in [-0.3, -0.25) is 4.99 Å². The molecule has 3 rings (SSSR count). The summed E-state index contributed by atoms with van der Waals surface area (Å²) in [6.07, 6.45) is 1.80. The van der Waals surface area contributed by atoms with E-state index in [4.69, 9.17) is 27.9 Å². The molecule has 27 heavy (non-hydrogen) atoms. The first kappa shape index (κ1) is 20.4. The molecule has 2 nitrogen and oxygen atoms in total. The lowest BCUT2D eigenvalue weighted by Gasteiger charge is -2.11. The van der Waals surface area contributed by atoms with E-state index in [-0.39, 0.29) is 0 Å². The Balaban J connectivity index is 1.77. The minimum Gasteiger partial charge on any atom is -0.487 e. The van der Waals surface area contributed by atoms with Crippen molar-refractivity contribution >= 4 is 67.0 Å². The van der Waals surface area contributed by atoms with E-state index in [0.29, 0.717) is 16.7 Å². The number of nitrogens with zero attached hydrogens (tertiary/aromatic N) is 1. The molecule has 0 aliphatic heterocycles. The van der Waals surface area contributed by atoms with Crippen molar-refractivity contribution in [3.63, 3.8) is 0 Å². The third kappa shape index (κ3) is 5.35. The van der Waals surface area contributed by atoms with Gasteiger partial charge in [0.1, 0.15) is 12.4 Å². The molecule has 0 unspecified atom stereocenters. The molecule has 138 valence electrons. The Bertz CT molecular complexity index is 965. The predicted octanol–water partition coefficient (Wildman–Crippen LogP) is 8.16. The summed E-state index contributed by atoms with van der Waals surface area (Å²) in [6, 6.07) is 17.2. The Kier molecular flexibility index (Phi) is 6.99. The van der Waals surface area contributed by atoms with Crippen LogP contribution in [0.4, 0.5) is 5.69 Å². The summed E-state index contributed by atoms with van der Waals surface area (Å²) in [6.45, 7) is 2.40. The third-order valence-corrected chi connectivity index (χ3v) is 5.75. The Labute approximate surface area is 185 Å². The number of ether oxygens (including phenoxy) is 1. The SMILES string of the molecule is Cc1c(Cl)cccc1N=Cc1cc(Br)c(OCc2ccc(Cl)cc2)c(Br)c1. The summed E-state index contributed by atoms with van der Waals surface area (Å²) in [7, 11) is 0. The lowest BCUT2D eigenvalue weighted by Crippen LogP contribution is -1.97. The minimum absolute atomic E-state index is 0.448. The van der Waals surface area contributed by atoms with Crippen molar-refractivity contribution in [1.29, 1.82) is 0 Å². The van der Waals surface area contributed by atoms with Gasteiger partial charge < -0.3 is 4.74 Å². The second-order valence-corrected chi connectivity index (χ2v) is 8.42. The van der Waals surface area contributed by atoms with Crippen LogP contribution in [0, 0.1) is 6.92 Å². The van der Waals surface area contributed by atoms with E-state index in [1.165, 1.54) is 0 Å². The third-order valence-electron chi connectivity index (χ3n) is 3.91. The first-order valence-electron chi connectivity index (χ1n) is 8.09. The van der Waals surface area contributed by atoms with Crippen LogP contribution in [0.1, 0.15) is 16.7 Å². The lowest BCUT2D eigenvalue weighted by atomic mass is 10.2. The maximum absolute atomic E-state index is 6.15. The van der Waals surface area contributed by atoms with E-state index < -0.39 is 0 Å². The topological polar surface area (TPSA) is 21.6 Å². The van der Waals surface area contributed by atoms with Crippen molar-refractivity contribution in [3.05, 3.63) is 90.3 Å². The first-order chi connectivity index (χ1) is 12.9. The molecule has 0 spiro atoms. The zero-order chi connectivity index (χ0) is 19.4. The van der Waals surface area contributed by atoms with Gasteiger partial charge in [0.25, 0.3) is 0 Å². The highest BCUT2D eigenvalue weighted by atomic mass is 79.9. The molecule has 0 atom stereocenters. The normalized spacial score (nSPS) is 11.1. The number of aliphatic imine (C=N–C) groups is 1. The van der Waals surface area contributed by atoms with Crippen molar-refractivity contribution in [2.75, 3.05) is 0 Å². The zero-order valence-electron chi connectivity index (χ0n) is 14.3. The van der Waals surface area contributed by atoms with Gasteiger partial charge in [-0.2, -0.15) is 0 Å². The standard InChI is InChI=1S/C21H15Br2Cl2NO/c1-13-19(25)3-2-4-20(13)26-11-15-9-17(22)21(18(23)10-15)27-12-14-5-7-16(24)8-6-14/h2-11H,12H2,1H3. The summed E-state index contributed by atoms with van der Waals surface area (Å²) in [5, 5.41) is 1.41. The Morgan fingerprint density at radius 3 is 2.33 bits per heavy atom. The number of rotatable bonds is 5. The van der Waals surface area contributed by atoms with Crippen LogP contribution in [0.15, 0.2) is 68.5 Å². The fourth-order valence-corrected chi connectivity index (χ4v) is 4.15. The summed E-state index contributed by atoms with van der Waals surface area (Å²) in [4.78, 5) is 4.55. The van der Waals surface area contributed by atoms with Gasteiger partial charge in [-0.1, -0.05) is 41.4 Å². The van der Waals surface area contributed by atoms with Gasteiger partial charge in [-0.05, 0) is 91.9 Å². The largest absolute Gasteiger partial charge is 0.487 e. The zero-order valence-corrected chi connectivity index (χ0v) is 19.0. The fraction of sp³-hybridized carbons (Fsp3) is 0.0952. The van der Waals surface area contributed by atoms with Crippen LogP contribution in [0.25, 0.3) is 0 Å². The summed E-state index contributed by atoms with van der Waals surface area (Å²) < 4.78 is 7.63. The molecule has 0 saturated heterocycles. The lowest BCUT2D eigenvalue weighted by molar-refractivity contribution is 0.302. The van der Waals surface area contributed by atoms with E-state index >= 15 is 0 Å². The molecule has 0 bridgehead atoms. The number of halogens is 4. The molecular formula is C21H15Br2Cl2NO. The number of hydrogen-bond acceptors (Lipinski definition) is 2. The van der Waals surface area contributed by atoms with Crippen LogP contribution in [0.3, 0.4) is 0 Å². The van der Waals surface area contributed by atoms with Gasteiger partial charge in [-0.15, -0.1) is 0 Å². The van der Waals surface area contributed by atoms with Crippen molar-refractivity contribution in [3.8, 4) is 5.75 Å². The molecule has 0 N–H and O–H groups in total. The molecule has 0 fully saturated rings. The van der Waals surface area contributed by atoms with Gasteiger partial charge in [-0.25, -0.2) is 0 Å². The molecule has 0 aliphatic rings. The van der Waals surface area contributed by atoms with Gasteiger partial charge in [0.05, 0.1) is 14.6 Å². The monoisotopic (exact) mass is 525 g/mol. The van der Waals surface area contributed by atoms with E-state index in [2.05, 4.69) is 36.9 Å². The van der Waals surface area contributed by atoms with E-state index in [1.807, 2.05) is 61.5 Å². The molecule has 0 aromatic heterocycles. The first-order valence-corrected chi connectivity index (χ1v) is 10.4. The highest BCUT2D eigenvalue weighted by Gasteiger charge is 2.09. The van der Waals surface area contributed by atoms with Gasteiger partial charge in [0, 0.05) is 16.3 Å². The Hall–Kier alpha value is -1.33. The van der Waals surface area contributed by atoms with Gasteiger partial charge in [0.2, 0.25) is 0 Å². The predicted molar refractivity (Wildman–Crippen MR) is 121 cm³/mol. The molecule has 6 heteroatoms. The van der Waals surface area contributed by atoms with Crippen molar-refractivity contribution < 1.29 is 4.74 Å². The Morgan fingerprint density at radius 1 is 1.00 bits per heavy atom. The van der Waals surface area contributed by atoms with E-state index in [1.54, 1.807) is 6.21 Å². The second kappa shape index (κ2) is 9.24. The maximum atomic E-state index is 6.15. The molecule has 0 radical (unpaired) electrons. The van der Waals surface area contributed by atoms with E-state index in [0.717, 1.165) is 37.1 Å².